The van der Waals surface area contributed by atoms with Gasteiger partial charge in [-0.15, -0.1) is 0 Å². The van der Waals surface area contributed by atoms with Gasteiger partial charge in [0.05, 0.1) is 16.8 Å². The number of carbonyl (C=O) groups excluding carboxylic acids is 1. The Labute approximate surface area is 113 Å². The van der Waals surface area contributed by atoms with E-state index in [0.29, 0.717) is 0 Å². The molecule has 0 radical (unpaired) electrons. The molecule has 1 heterocycles. The molecule has 1 aliphatic carbocycles. The van der Waals surface area contributed by atoms with Crippen LogP contribution in [0.4, 0.5) is 5.69 Å². The minimum atomic E-state index is -0.397. The van der Waals surface area contributed by atoms with Crippen LogP contribution in [0.3, 0.4) is 0 Å². The highest BCUT2D eigenvalue weighted by Crippen LogP contribution is 2.43. The normalized spacial score (nSPS) is 30.8. The van der Waals surface area contributed by atoms with Gasteiger partial charge in [0.2, 0.25) is 0 Å². The van der Waals surface area contributed by atoms with Gasteiger partial charge >= 0.3 is 0 Å². The summed E-state index contributed by atoms with van der Waals surface area (Å²) in [6, 6.07) is 9.86. The van der Waals surface area contributed by atoms with Gasteiger partial charge in [0, 0.05) is 6.04 Å². The van der Waals surface area contributed by atoms with Crippen LogP contribution in [0, 0.1) is 5.41 Å². The number of nitrogens with two attached hydrogens (primary N) is 1. The summed E-state index contributed by atoms with van der Waals surface area (Å²) in [5.41, 5.74) is 7.34. The van der Waals surface area contributed by atoms with Crippen LogP contribution in [0.1, 0.15) is 32.6 Å². The summed E-state index contributed by atoms with van der Waals surface area (Å²) < 4.78 is 0. The lowest BCUT2D eigenvalue weighted by Gasteiger charge is -2.34. The summed E-state index contributed by atoms with van der Waals surface area (Å²) in [4.78, 5) is 12.8. The third-order valence-corrected chi connectivity index (χ3v) is 4.43. The summed E-state index contributed by atoms with van der Waals surface area (Å²) in [6.45, 7) is 1.97. The van der Waals surface area contributed by atoms with Crippen molar-refractivity contribution < 1.29 is 4.79 Å². The van der Waals surface area contributed by atoms with E-state index < -0.39 is 5.41 Å². The smallest absolute Gasteiger partial charge is 0.259 e. The molecule has 2 N–H and O–H groups in total. The number of nitrogens with zero attached hydrogens (tertiary/aromatic N) is 2. The Morgan fingerprint density at radius 1 is 1.26 bits per heavy atom. The SMILES string of the molecule is CC1=NN(c2ccccc2)C(=O)C12CCC(N)CC2. The van der Waals surface area contributed by atoms with E-state index in [4.69, 9.17) is 5.73 Å². The van der Waals surface area contributed by atoms with E-state index in [1.807, 2.05) is 37.3 Å². The Morgan fingerprint density at radius 2 is 1.89 bits per heavy atom. The van der Waals surface area contributed by atoms with Crippen molar-refractivity contribution in [3.05, 3.63) is 30.3 Å². The van der Waals surface area contributed by atoms with Crippen molar-refractivity contribution in [1.82, 2.24) is 0 Å². The second-order valence-corrected chi connectivity index (χ2v) is 5.56. The third kappa shape index (κ3) is 1.87. The molecule has 2 aliphatic rings. The van der Waals surface area contributed by atoms with E-state index in [1.165, 1.54) is 0 Å². The molecule has 3 rings (SSSR count). The predicted molar refractivity (Wildman–Crippen MR) is 75.9 cm³/mol. The van der Waals surface area contributed by atoms with Gasteiger partial charge in [0.25, 0.3) is 5.91 Å². The maximum absolute atomic E-state index is 12.8. The first kappa shape index (κ1) is 12.4. The van der Waals surface area contributed by atoms with Crippen molar-refractivity contribution in [3.63, 3.8) is 0 Å². The van der Waals surface area contributed by atoms with E-state index in [0.717, 1.165) is 37.1 Å². The Balaban J connectivity index is 1.91. The largest absolute Gasteiger partial charge is 0.328 e. The molecule has 1 amide bonds. The molecular formula is C15H19N3O. The molecule has 0 bridgehead atoms. The Morgan fingerprint density at radius 3 is 2.53 bits per heavy atom. The highest BCUT2D eigenvalue weighted by molar-refractivity contribution is 6.18. The van der Waals surface area contributed by atoms with E-state index in [9.17, 15) is 4.79 Å². The maximum Gasteiger partial charge on any atom is 0.259 e. The maximum atomic E-state index is 12.8. The molecular weight excluding hydrogens is 238 g/mol. The van der Waals surface area contributed by atoms with Gasteiger partial charge in [-0.3, -0.25) is 4.79 Å². The van der Waals surface area contributed by atoms with Crippen molar-refractivity contribution in [1.29, 1.82) is 0 Å². The fourth-order valence-electron chi connectivity index (χ4n) is 3.10. The van der Waals surface area contributed by atoms with Crippen LogP contribution in [-0.2, 0) is 4.79 Å². The van der Waals surface area contributed by atoms with E-state index >= 15 is 0 Å². The van der Waals surface area contributed by atoms with Gasteiger partial charge in [-0.2, -0.15) is 10.1 Å². The topological polar surface area (TPSA) is 58.7 Å². The molecule has 1 aromatic carbocycles. The highest BCUT2D eigenvalue weighted by Gasteiger charge is 2.50. The minimum absolute atomic E-state index is 0.114. The molecule has 0 aromatic heterocycles. The van der Waals surface area contributed by atoms with Gasteiger partial charge < -0.3 is 5.73 Å². The summed E-state index contributed by atoms with van der Waals surface area (Å²) in [7, 11) is 0. The second kappa shape index (κ2) is 4.46. The number of rotatable bonds is 1. The van der Waals surface area contributed by atoms with Crippen LogP contribution in [-0.4, -0.2) is 17.7 Å². The zero-order valence-electron chi connectivity index (χ0n) is 11.2. The first-order chi connectivity index (χ1) is 9.13. The van der Waals surface area contributed by atoms with Crippen molar-refractivity contribution in [3.8, 4) is 0 Å². The zero-order chi connectivity index (χ0) is 13.5. The van der Waals surface area contributed by atoms with Crippen LogP contribution < -0.4 is 10.7 Å². The van der Waals surface area contributed by atoms with Gasteiger partial charge in [-0.1, -0.05) is 18.2 Å². The molecule has 1 aliphatic heterocycles. The standard InChI is InChI=1S/C15H19N3O/c1-11-15(9-7-12(16)8-10-15)14(19)18(17-11)13-5-3-2-4-6-13/h2-6,12H,7-10,16H2,1H3. The lowest BCUT2D eigenvalue weighted by molar-refractivity contribution is -0.125. The monoisotopic (exact) mass is 257 g/mol. The van der Waals surface area contributed by atoms with Crippen molar-refractivity contribution >= 4 is 17.3 Å². The number of hydrogen-bond acceptors (Lipinski definition) is 3. The van der Waals surface area contributed by atoms with Gasteiger partial charge in [0.15, 0.2) is 0 Å². The summed E-state index contributed by atoms with van der Waals surface area (Å²) in [5.74, 6) is 0.114. The van der Waals surface area contributed by atoms with Gasteiger partial charge in [0.1, 0.15) is 0 Å². The van der Waals surface area contributed by atoms with Crippen LogP contribution in [0.2, 0.25) is 0 Å². The summed E-state index contributed by atoms with van der Waals surface area (Å²) >= 11 is 0. The van der Waals surface area contributed by atoms with Gasteiger partial charge in [-0.25, -0.2) is 0 Å². The molecule has 1 aromatic rings. The molecule has 1 fully saturated rings. The van der Waals surface area contributed by atoms with Gasteiger partial charge in [-0.05, 0) is 44.7 Å². The third-order valence-electron chi connectivity index (χ3n) is 4.43. The predicted octanol–water partition coefficient (Wildman–Crippen LogP) is 2.30. The van der Waals surface area contributed by atoms with Crippen molar-refractivity contribution in [2.75, 3.05) is 5.01 Å². The molecule has 0 atom stereocenters. The first-order valence-corrected chi connectivity index (χ1v) is 6.84. The summed E-state index contributed by atoms with van der Waals surface area (Å²) in [5, 5.41) is 6.06. The van der Waals surface area contributed by atoms with E-state index in [1.54, 1.807) is 5.01 Å². The number of hydrazone groups is 1. The second-order valence-electron chi connectivity index (χ2n) is 5.56. The number of anilines is 1. The minimum Gasteiger partial charge on any atom is -0.328 e. The zero-order valence-corrected chi connectivity index (χ0v) is 11.2. The Kier molecular flexibility index (Phi) is 2.90. The molecule has 0 saturated heterocycles. The Bertz CT molecular complexity index is 515. The van der Waals surface area contributed by atoms with E-state index in [2.05, 4.69) is 5.10 Å². The molecule has 4 nitrogen and oxygen atoms in total. The van der Waals surface area contributed by atoms with Crippen molar-refractivity contribution in [2.45, 2.75) is 38.6 Å². The lowest BCUT2D eigenvalue weighted by atomic mass is 9.69. The fraction of sp³-hybridized carbons (Fsp3) is 0.467. The molecule has 100 valence electrons. The lowest BCUT2D eigenvalue weighted by Crippen LogP contribution is -2.44. The number of benzene rings is 1. The number of hydrogen-bond donors (Lipinski definition) is 1. The van der Waals surface area contributed by atoms with Crippen molar-refractivity contribution in [2.24, 2.45) is 16.3 Å². The molecule has 1 spiro atoms. The fourth-order valence-corrected chi connectivity index (χ4v) is 3.10. The molecule has 0 unspecified atom stereocenters. The molecule has 1 saturated carbocycles. The van der Waals surface area contributed by atoms with Crippen LogP contribution in [0.5, 0.6) is 0 Å². The number of para-hydroxylation sites is 1. The molecule has 19 heavy (non-hydrogen) atoms. The van der Waals surface area contributed by atoms with E-state index in [-0.39, 0.29) is 11.9 Å². The molecule has 4 heteroatoms. The van der Waals surface area contributed by atoms with Crippen LogP contribution >= 0.6 is 0 Å². The average Bonchev–Trinajstić information content (AvgIpc) is 2.68. The first-order valence-electron chi connectivity index (χ1n) is 6.84. The highest BCUT2D eigenvalue weighted by atomic mass is 16.2. The number of carbonyl (C=O) groups is 1. The average molecular weight is 257 g/mol. The van der Waals surface area contributed by atoms with Crippen LogP contribution in [0.15, 0.2) is 35.4 Å². The quantitative estimate of drug-likeness (QED) is 0.839. The number of amides is 1. The van der Waals surface area contributed by atoms with Crippen LogP contribution in [0.25, 0.3) is 0 Å². The summed E-state index contributed by atoms with van der Waals surface area (Å²) in [6.07, 6.45) is 3.46. The Hall–Kier alpha value is -1.68.